The molecule has 0 aromatic carbocycles. The summed E-state index contributed by atoms with van der Waals surface area (Å²) in [5.41, 5.74) is 0. The molecule has 3 heterocycles. The molecule has 0 bridgehead atoms. The predicted octanol–water partition coefficient (Wildman–Crippen LogP) is -1.58. The molecule has 9 nitrogen and oxygen atoms in total. The van der Waals surface area contributed by atoms with Gasteiger partial charge >= 0.3 is 0 Å². The van der Waals surface area contributed by atoms with Crippen molar-refractivity contribution >= 4 is 10.0 Å². The van der Waals surface area contributed by atoms with E-state index in [1.165, 1.54) is 25.8 Å². The predicted molar refractivity (Wildman–Crippen MR) is 117 cm³/mol. The van der Waals surface area contributed by atoms with Crippen LogP contribution in [0.5, 0.6) is 0 Å². The van der Waals surface area contributed by atoms with Crippen molar-refractivity contribution in [3.05, 3.63) is 0 Å². The Morgan fingerprint density at radius 2 is 1.61 bits per heavy atom. The number of aliphatic hydroxyl groups is 2. The Labute approximate surface area is 186 Å². The summed E-state index contributed by atoms with van der Waals surface area (Å²) >= 11 is 0. The molecule has 0 aromatic rings. The van der Waals surface area contributed by atoms with Gasteiger partial charge in [-0.1, -0.05) is 19.3 Å². The largest absolute Gasteiger partial charge is 0.394 e. The number of aliphatic hydroxyl groups excluding tert-OH is 2. The van der Waals surface area contributed by atoms with Gasteiger partial charge in [-0.15, -0.1) is 0 Å². The molecule has 0 radical (unpaired) electrons. The number of nitrogens with two attached hydrogens (primary N) is 1. The zero-order chi connectivity index (χ0) is 21.8. The topological polar surface area (TPSA) is 119 Å². The highest BCUT2D eigenvalue weighted by atomic mass is 32.2. The highest BCUT2D eigenvalue weighted by Crippen LogP contribution is 2.28. The number of piperazine rings is 1. The summed E-state index contributed by atoms with van der Waals surface area (Å²) in [6, 6.07) is -0.302. The smallest absolute Gasteiger partial charge is 0.214 e. The van der Waals surface area contributed by atoms with Gasteiger partial charge in [0.15, 0.2) is 0 Å². The molecule has 0 aromatic heterocycles. The van der Waals surface area contributed by atoms with E-state index in [0.29, 0.717) is 19.0 Å². The average molecular weight is 462 g/mol. The van der Waals surface area contributed by atoms with Crippen LogP contribution in [0.25, 0.3) is 0 Å². The molecule has 1 aliphatic carbocycles. The summed E-state index contributed by atoms with van der Waals surface area (Å²) in [6.45, 7) is 4.60. The standard InChI is InChI=1S/C21H40N4O5S/c26-15-18-21(27)20(25-12-10-24(11-13-25)19-8-4-5-9-22-19)17(30-18)14-23-31(28,29)16-6-2-1-3-7-16/h16-23,26-27H,1-15H2/p+1/t17-,18-,19?,20-,21+/m0/s1. The van der Waals surface area contributed by atoms with E-state index >= 15 is 0 Å². The van der Waals surface area contributed by atoms with Crippen LogP contribution in [-0.4, -0.2) is 110 Å². The second-order valence-electron chi connectivity index (χ2n) is 9.69. The highest BCUT2D eigenvalue weighted by molar-refractivity contribution is 7.90. The van der Waals surface area contributed by atoms with Gasteiger partial charge in [0.25, 0.3) is 0 Å². The minimum Gasteiger partial charge on any atom is -0.394 e. The number of hydrogen-bond acceptors (Lipinski definition) is 7. The summed E-state index contributed by atoms with van der Waals surface area (Å²) < 4.78 is 34.3. The molecule has 3 aliphatic heterocycles. The molecule has 5 atom stereocenters. The normalized spacial score (nSPS) is 37.3. The highest BCUT2D eigenvalue weighted by Gasteiger charge is 2.47. The van der Waals surface area contributed by atoms with Crippen molar-refractivity contribution in [2.24, 2.45) is 0 Å². The molecule has 4 fully saturated rings. The Balaban J connectivity index is 1.35. The van der Waals surface area contributed by atoms with Gasteiger partial charge in [0.05, 0.1) is 30.5 Å². The molecule has 0 amide bonds. The number of rotatable bonds is 7. The average Bonchev–Trinajstić information content (AvgIpc) is 3.14. The van der Waals surface area contributed by atoms with Crippen molar-refractivity contribution in [3.63, 3.8) is 0 Å². The molecule has 1 unspecified atom stereocenters. The first kappa shape index (κ1) is 23.8. The van der Waals surface area contributed by atoms with E-state index in [-0.39, 0.29) is 24.4 Å². The fraction of sp³-hybridized carbons (Fsp3) is 1.00. The Hall–Kier alpha value is -0.330. The number of sulfonamides is 1. The molecule has 0 spiro atoms. The summed E-state index contributed by atoms with van der Waals surface area (Å²) in [5.74, 6) is 0. The van der Waals surface area contributed by atoms with Gasteiger partial charge in [-0.3, -0.25) is 9.80 Å². The summed E-state index contributed by atoms with van der Waals surface area (Å²) in [5, 5.41) is 22.6. The van der Waals surface area contributed by atoms with Gasteiger partial charge in [-0.05, 0) is 25.7 Å². The first-order valence-electron chi connectivity index (χ1n) is 12.2. The molecule has 4 rings (SSSR count). The first-order chi connectivity index (χ1) is 15.0. The number of nitrogens with zero attached hydrogens (tertiary/aromatic N) is 2. The first-order valence-corrected chi connectivity index (χ1v) is 13.8. The summed E-state index contributed by atoms with van der Waals surface area (Å²) in [6.07, 6.45) is 6.88. The second kappa shape index (κ2) is 10.7. The van der Waals surface area contributed by atoms with Crippen LogP contribution in [-0.2, 0) is 14.8 Å². The molecule has 4 aliphatic rings. The van der Waals surface area contributed by atoms with Gasteiger partial charge < -0.3 is 20.3 Å². The van der Waals surface area contributed by atoms with E-state index in [4.69, 9.17) is 4.74 Å². The fourth-order valence-electron chi connectivity index (χ4n) is 5.91. The molecule has 5 N–H and O–H groups in total. The number of ether oxygens (including phenoxy) is 1. The Kier molecular flexibility index (Phi) is 8.24. The third kappa shape index (κ3) is 5.60. The van der Waals surface area contributed by atoms with Crippen molar-refractivity contribution in [2.75, 3.05) is 45.9 Å². The number of quaternary nitrogens is 1. The minimum atomic E-state index is -3.39. The van der Waals surface area contributed by atoms with Crippen LogP contribution >= 0.6 is 0 Å². The third-order valence-electron chi connectivity index (χ3n) is 7.75. The zero-order valence-electron chi connectivity index (χ0n) is 18.6. The second-order valence-corrected chi connectivity index (χ2v) is 11.7. The van der Waals surface area contributed by atoms with Crippen LogP contribution in [0.1, 0.15) is 51.4 Å². The third-order valence-corrected chi connectivity index (χ3v) is 9.67. The maximum atomic E-state index is 12.8. The van der Waals surface area contributed by atoms with Gasteiger partial charge in [-0.25, -0.2) is 13.1 Å². The van der Waals surface area contributed by atoms with E-state index in [0.717, 1.165) is 45.4 Å². The van der Waals surface area contributed by atoms with Gasteiger partial charge in [0.1, 0.15) is 18.4 Å². The monoisotopic (exact) mass is 461 g/mol. The SMILES string of the molecule is O=S(=O)(NC[C@@H]1O[C@@H](CO)[C@@H](O)[C@H]1N1CCN(C2CCCC[NH2+]2)CC1)C1CCCCC1. The Bertz CT molecular complexity index is 661. The lowest BCUT2D eigenvalue weighted by Gasteiger charge is -2.42. The van der Waals surface area contributed by atoms with Gasteiger partial charge in [0.2, 0.25) is 10.0 Å². The summed E-state index contributed by atoms with van der Waals surface area (Å²) in [7, 11) is -3.39. The number of nitrogens with one attached hydrogen (secondary N) is 1. The lowest BCUT2D eigenvalue weighted by atomic mass is 10.0. The van der Waals surface area contributed by atoms with Gasteiger partial charge in [0, 0.05) is 39.1 Å². The maximum absolute atomic E-state index is 12.8. The molecular formula is C21H41N4O5S+. The van der Waals surface area contributed by atoms with Crippen molar-refractivity contribution in [1.82, 2.24) is 14.5 Å². The van der Waals surface area contributed by atoms with Crippen LogP contribution in [0.2, 0.25) is 0 Å². The van der Waals surface area contributed by atoms with E-state index < -0.39 is 28.3 Å². The lowest BCUT2D eigenvalue weighted by molar-refractivity contribution is -0.717. The maximum Gasteiger partial charge on any atom is 0.214 e. The summed E-state index contributed by atoms with van der Waals surface area (Å²) in [4.78, 5) is 4.77. The van der Waals surface area contributed by atoms with E-state index in [9.17, 15) is 18.6 Å². The minimum absolute atomic E-state index is 0.147. The zero-order valence-corrected chi connectivity index (χ0v) is 19.4. The van der Waals surface area contributed by atoms with Crippen LogP contribution in [0.4, 0.5) is 0 Å². The molecule has 10 heteroatoms. The number of piperidine rings is 1. The van der Waals surface area contributed by atoms with Crippen molar-refractivity contribution in [2.45, 2.75) is 87.1 Å². The fourth-order valence-corrected chi connectivity index (χ4v) is 7.50. The Morgan fingerprint density at radius 3 is 2.26 bits per heavy atom. The molecule has 180 valence electrons. The van der Waals surface area contributed by atoms with Crippen molar-refractivity contribution < 1.29 is 28.7 Å². The Morgan fingerprint density at radius 1 is 0.935 bits per heavy atom. The van der Waals surface area contributed by atoms with Crippen molar-refractivity contribution in [3.8, 4) is 0 Å². The van der Waals surface area contributed by atoms with Gasteiger partial charge in [-0.2, -0.15) is 0 Å². The van der Waals surface area contributed by atoms with Crippen LogP contribution in [0.15, 0.2) is 0 Å². The molecular weight excluding hydrogens is 420 g/mol. The number of hydrogen-bond donors (Lipinski definition) is 4. The van der Waals surface area contributed by atoms with E-state index in [1.54, 1.807) is 0 Å². The quantitative estimate of drug-likeness (QED) is 0.361. The molecule has 1 saturated carbocycles. The molecule has 31 heavy (non-hydrogen) atoms. The lowest BCUT2D eigenvalue weighted by Crippen LogP contribution is -2.95. The van der Waals surface area contributed by atoms with E-state index in [2.05, 4.69) is 19.8 Å². The van der Waals surface area contributed by atoms with Crippen LogP contribution < -0.4 is 10.0 Å². The van der Waals surface area contributed by atoms with E-state index in [1.807, 2.05) is 0 Å². The van der Waals surface area contributed by atoms with Crippen LogP contribution in [0, 0.1) is 0 Å². The van der Waals surface area contributed by atoms with Crippen LogP contribution in [0.3, 0.4) is 0 Å². The van der Waals surface area contributed by atoms with Crippen molar-refractivity contribution in [1.29, 1.82) is 0 Å². The molecule has 3 saturated heterocycles.